The number of carbonyl (C=O) groups is 2. The summed E-state index contributed by atoms with van der Waals surface area (Å²) in [6.45, 7) is 4.09. The molecule has 144 valence electrons. The first-order valence-electron chi connectivity index (χ1n) is 9.27. The van der Waals surface area contributed by atoms with Crippen LogP contribution in [0.1, 0.15) is 49.1 Å². The molecular weight excluding hydrogens is 374 g/mol. The molecule has 1 saturated heterocycles. The lowest BCUT2D eigenvalue weighted by Gasteiger charge is -2.38. The average molecular weight is 400 g/mol. The van der Waals surface area contributed by atoms with Gasteiger partial charge in [0.05, 0.1) is 16.9 Å². The molecular formula is C18H26ClN3O3S. The fraction of sp³-hybridized carbons (Fsp3) is 0.667. The van der Waals surface area contributed by atoms with E-state index in [1.807, 2.05) is 22.8 Å². The Bertz CT molecular complexity index is 658. The molecule has 1 fully saturated rings. The molecule has 0 bridgehead atoms. The second kappa shape index (κ2) is 8.59. The zero-order valence-corrected chi connectivity index (χ0v) is 16.6. The Kier molecular flexibility index (Phi) is 6.42. The van der Waals surface area contributed by atoms with Crippen molar-refractivity contribution in [1.29, 1.82) is 0 Å². The topological polar surface area (TPSA) is 72.9 Å². The number of halogens is 1. The highest BCUT2D eigenvalue weighted by Crippen LogP contribution is 2.37. The Morgan fingerprint density at radius 1 is 1.38 bits per heavy atom. The zero-order chi connectivity index (χ0) is 18.7. The Morgan fingerprint density at radius 2 is 2.12 bits per heavy atom. The predicted octanol–water partition coefficient (Wildman–Crippen LogP) is 3.36. The van der Waals surface area contributed by atoms with Gasteiger partial charge in [-0.3, -0.25) is 9.69 Å². The van der Waals surface area contributed by atoms with Gasteiger partial charge in [-0.2, -0.15) is 0 Å². The number of hydrogen-bond donors (Lipinski definition) is 2. The molecule has 0 spiro atoms. The predicted molar refractivity (Wildman–Crippen MR) is 103 cm³/mol. The highest BCUT2D eigenvalue weighted by Gasteiger charge is 2.30. The standard InChI is InChI=1S/C18H26ClN3O3S/c1-2-21(11-17(23)24)12-6-8-22(9-7-12)18(25)20-14-4-3-5-15-13(14)10-16(19)26-15/h10,12,14H,2-9,11H2,1H3,(H,20,25)(H,23,24). The van der Waals surface area contributed by atoms with E-state index in [1.54, 1.807) is 11.3 Å². The first kappa shape index (κ1) is 19.5. The number of amides is 2. The summed E-state index contributed by atoms with van der Waals surface area (Å²) in [6, 6.07) is 2.25. The molecule has 0 aromatic carbocycles. The number of carboxylic acids is 1. The van der Waals surface area contributed by atoms with Gasteiger partial charge in [-0.15, -0.1) is 11.3 Å². The lowest BCUT2D eigenvalue weighted by atomic mass is 9.94. The van der Waals surface area contributed by atoms with Crippen LogP contribution in [0.5, 0.6) is 0 Å². The largest absolute Gasteiger partial charge is 0.480 e. The van der Waals surface area contributed by atoms with Crippen molar-refractivity contribution in [2.45, 2.75) is 51.1 Å². The lowest BCUT2D eigenvalue weighted by molar-refractivity contribution is -0.139. The van der Waals surface area contributed by atoms with Gasteiger partial charge < -0.3 is 15.3 Å². The van der Waals surface area contributed by atoms with Crippen molar-refractivity contribution >= 4 is 34.9 Å². The van der Waals surface area contributed by atoms with E-state index in [4.69, 9.17) is 16.7 Å². The third kappa shape index (κ3) is 4.50. The maximum absolute atomic E-state index is 12.7. The number of hydrogen-bond acceptors (Lipinski definition) is 4. The van der Waals surface area contributed by atoms with Gasteiger partial charge in [0.25, 0.3) is 0 Å². The number of likely N-dealkylation sites (N-methyl/N-ethyl adjacent to an activating group) is 1. The summed E-state index contributed by atoms with van der Waals surface area (Å²) in [4.78, 5) is 28.8. The van der Waals surface area contributed by atoms with Gasteiger partial charge in [-0.05, 0) is 50.3 Å². The van der Waals surface area contributed by atoms with Crippen molar-refractivity contribution in [1.82, 2.24) is 15.1 Å². The molecule has 0 saturated carbocycles. The number of carbonyl (C=O) groups excluding carboxylic acids is 1. The van der Waals surface area contributed by atoms with Gasteiger partial charge in [-0.25, -0.2) is 4.79 Å². The van der Waals surface area contributed by atoms with Crippen LogP contribution in [0.4, 0.5) is 4.79 Å². The van der Waals surface area contributed by atoms with E-state index in [-0.39, 0.29) is 24.7 Å². The van der Waals surface area contributed by atoms with Crippen LogP contribution >= 0.6 is 22.9 Å². The molecule has 2 heterocycles. The number of thiophene rings is 1. The number of piperidine rings is 1. The number of aryl methyl sites for hydroxylation is 1. The summed E-state index contributed by atoms with van der Waals surface area (Å²) in [6.07, 6.45) is 4.69. The monoisotopic (exact) mass is 399 g/mol. The summed E-state index contributed by atoms with van der Waals surface area (Å²) in [5.74, 6) is -0.797. The molecule has 26 heavy (non-hydrogen) atoms. The van der Waals surface area contributed by atoms with Gasteiger partial charge >= 0.3 is 12.0 Å². The fourth-order valence-electron chi connectivity index (χ4n) is 4.02. The van der Waals surface area contributed by atoms with Crippen molar-refractivity contribution in [3.63, 3.8) is 0 Å². The molecule has 2 aliphatic rings. The SMILES string of the molecule is CCN(CC(=O)O)C1CCN(C(=O)NC2CCCc3sc(Cl)cc32)CC1. The van der Waals surface area contributed by atoms with Crippen LogP contribution in [-0.2, 0) is 11.2 Å². The molecule has 3 rings (SSSR count). The molecule has 2 N–H and O–H groups in total. The van der Waals surface area contributed by atoms with Gasteiger partial charge in [0, 0.05) is 24.0 Å². The zero-order valence-electron chi connectivity index (χ0n) is 15.0. The summed E-state index contributed by atoms with van der Waals surface area (Å²) in [7, 11) is 0. The molecule has 1 unspecified atom stereocenters. The second-order valence-corrected chi connectivity index (χ2v) is 8.77. The van der Waals surface area contributed by atoms with E-state index >= 15 is 0 Å². The molecule has 2 amide bonds. The molecule has 8 heteroatoms. The number of urea groups is 1. The summed E-state index contributed by atoms with van der Waals surface area (Å²) >= 11 is 7.76. The van der Waals surface area contributed by atoms with Crippen molar-refractivity contribution in [3.05, 3.63) is 20.8 Å². The summed E-state index contributed by atoms with van der Waals surface area (Å²) in [5.41, 5.74) is 1.17. The molecule has 1 aliphatic carbocycles. The van der Waals surface area contributed by atoms with E-state index in [0.717, 1.165) is 36.4 Å². The van der Waals surface area contributed by atoms with Crippen LogP contribution < -0.4 is 5.32 Å². The minimum absolute atomic E-state index is 0.0232. The Hall–Kier alpha value is -1.31. The van der Waals surface area contributed by atoms with Crippen LogP contribution in [0.15, 0.2) is 6.07 Å². The fourth-order valence-corrected chi connectivity index (χ4v) is 5.40. The van der Waals surface area contributed by atoms with E-state index < -0.39 is 5.97 Å². The lowest BCUT2D eigenvalue weighted by Crippen LogP contribution is -2.51. The Morgan fingerprint density at radius 3 is 2.77 bits per heavy atom. The molecule has 1 aromatic heterocycles. The molecule has 1 aromatic rings. The van der Waals surface area contributed by atoms with E-state index in [9.17, 15) is 9.59 Å². The number of nitrogens with one attached hydrogen (secondary N) is 1. The van der Waals surface area contributed by atoms with Crippen LogP contribution in [0.25, 0.3) is 0 Å². The van der Waals surface area contributed by atoms with Crippen LogP contribution in [0, 0.1) is 0 Å². The van der Waals surface area contributed by atoms with E-state index in [0.29, 0.717) is 19.6 Å². The van der Waals surface area contributed by atoms with Gasteiger partial charge in [0.15, 0.2) is 0 Å². The number of nitrogens with zero attached hydrogens (tertiary/aromatic N) is 2. The first-order chi connectivity index (χ1) is 12.5. The summed E-state index contributed by atoms with van der Waals surface area (Å²) < 4.78 is 0.787. The Labute approximate surface area is 163 Å². The smallest absolute Gasteiger partial charge is 0.317 e. The minimum atomic E-state index is -0.797. The number of fused-ring (bicyclic) bond motifs is 1. The third-order valence-electron chi connectivity index (χ3n) is 5.39. The van der Waals surface area contributed by atoms with Gasteiger partial charge in [0.2, 0.25) is 0 Å². The van der Waals surface area contributed by atoms with Crippen molar-refractivity contribution < 1.29 is 14.7 Å². The molecule has 6 nitrogen and oxygen atoms in total. The molecule has 1 aliphatic heterocycles. The van der Waals surface area contributed by atoms with Crippen molar-refractivity contribution in [2.24, 2.45) is 0 Å². The molecule has 0 radical (unpaired) electrons. The highest BCUT2D eigenvalue weighted by atomic mass is 35.5. The second-order valence-electron chi connectivity index (χ2n) is 7.00. The van der Waals surface area contributed by atoms with Crippen LogP contribution in [0.3, 0.4) is 0 Å². The highest BCUT2D eigenvalue weighted by molar-refractivity contribution is 7.16. The normalized spacial score (nSPS) is 20.9. The third-order valence-corrected chi connectivity index (χ3v) is 6.73. The van der Waals surface area contributed by atoms with Gasteiger partial charge in [0.1, 0.15) is 0 Å². The maximum atomic E-state index is 12.7. The van der Waals surface area contributed by atoms with E-state index in [1.165, 1.54) is 10.4 Å². The minimum Gasteiger partial charge on any atom is -0.480 e. The number of carboxylic acid groups (broad SMARTS) is 1. The average Bonchev–Trinajstić information content (AvgIpc) is 3.01. The number of rotatable bonds is 5. The van der Waals surface area contributed by atoms with Gasteiger partial charge in [-0.1, -0.05) is 18.5 Å². The first-order valence-corrected chi connectivity index (χ1v) is 10.5. The van der Waals surface area contributed by atoms with Crippen molar-refractivity contribution in [3.8, 4) is 0 Å². The number of aliphatic carboxylic acids is 1. The number of likely N-dealkylation sites (tertiary alicyclic amines) is 1. The van der Waals surface area contributed by atoms with Crippen molar-refractivity contribution in [2.75, 3.05) is 26.2 Å². The van der Waals surface area contributed by atoms with Crippen LogP contribution in [-0.4, -0.2) is 59.1 Å². The maximum Gasteiger partial charge on any atom is 0.317 e. The Balaban J connectivity index is 1.54. The summed E-state index contributed by atoms with van der Waals surface area (Å²) in [5, 5.41) is 12.2. The van der Waals surface area contributed by atoms with E-state index in [2.05, 4.69) is 5.32 Å². The molecule has 1 atom stereocenters. The quantitative estimate of drug-likeness (QED) is 0.796. The van der Waals surface area contributed by atoms with Crippen LogP contribution in [0.2, 0.25) is 4.34 Å².